The molecule has 0 radical (unpaired) electrons. The van der Waals surface area contributed by atoms with Gasteiger partial charge in [0.25, 0.3) is 0 Å². The molecule has 1 rings (SSSR count). The molecule has 0 saturated heterocycles. The first-order chi connectivity index (χ1) is 6.36. The van der Waals surface area contributed by atoms with E-state index < -0.39 is 0 Å². The molecule has 0 aliphatic carbocycles. The minimum Gasteiger partial charge on any atom is -0.354 e. The van der Waals surface area contributed by atoms with Crippen LogP contribution in [0.3, 0.4) is 0 Å². The van der Waals surface area contributed by atoms with Crippen molar-refractivity contribution in [1.29, 1.82) is 0 Å². The maximum atomic E-state index is 3.25. The molecule has 1 aromatic heterocycles. The number of aromatic nitrogens is 1. The van der Waals surface area contributed by atoms with Crippen LogP contribution < -0.4 is 5.32 Å². The number of nitrogens with one attached hydrogen (secondary N) is 1. The molecular formula is C11H16N2. The Morgan fingerprint density at radius 2 is 2.38 bits per heavy atom. The Balaban J connectivity index is 2.31. The molecule has 1 heterocycles. The summed E-state index contributed by atoms with van der Waals surface area (Å²) in [5.74, 6) is 5.82. The molecule has 0 amide bonds. The fourth-order valence-electron chi connectivity index (χ4n) is 1.15. The highest BCUT2D eigenvalue weighted by Gasteiger charge is 1.93. The van der Waals surface area contributed by atoms with Crippen LogP contribution in [-0.4, -0.2) is 11.1 Å². The van der Waals surface area contributed by atoms with E-state index in [1.54, 1.807) is 0 Å². The summed E-state index contributed by atoms with van der Waals surface area (Å²) in [6.45, 7) is 6.71. The minimum absolute atomic E-state index is 0.772. The van der Waals surface area contributed by atoms with Crippen LogP contribution in [0.25, 0.3) is 0 Å². The quantitative estimate of drug-likeness (QED) is 0.545. The van der Waals surface area contributed by atoms with Gasteiger partial charge in [0.15, 0.2) is 0 Å². The zero-order chi connectivity index (χ0) is 9.52. The van der Waals surface area contributed by atoms with Gasteiger partial charge < -0.3 is 9.88 Å². The van der Waals surface area contributed by atoms with Crippen LogP contribution in [0.15, 0.2) is 18.5 Å². The molecule has 0 aromatic carbocycles. The van der Waals surface area contributed by atoms with Gasteiger partial charge in [-0.1, -0.05) is 5.92 Å². The van der Waals surface area contributed by atoms with Gasteiger partial charge in [-0.3, -0.25) is 0 Å². The third-order valence-corrected chi connectivity index (χ3v) is 1.90. The summed E-state index contributed by atoms with van der Waals surface area (Å²) in [6.07, 6.45) is 4.26. The smallest absolute Gasteiger partial charge is 0.0579 e. The summed E-state index contributed by atoms with van der Waals surface area (Å²) in [6, 6.07) is 2.13. The van der Waals surface area contributed by atoms with Crippen LogP contribution in [0.5, 0.6) is 0 Å². The van der Waals surface area contributed by atoms with E-state index in [-0.39, 0.29) is 0 Å². The highest BCUT2D eigenvalue weighted by atomic mass is 14.9. The number of hydrogen-bond acceptors (Lipinski definition) is 1. The second-order valence-electron chi connectivity index (χ2n) is 2.88. The molecule has 2 nitrogen and oxygen atoms in total. The number of aryl methyl sites for hydroxylation is 1. The fourth-order valence-corrected chi connectivity index (χ4v) is 1.15. The molecule has 13 heavy (non-hydrogen) atoms. The molecule has 0 fully saturated rings. The van der Waals surface area contributed by atoms with E-state index in [9.17, 15) is 0 Å². The average Bonchev–Trinajstić information content (AvgIpc) is 2.60. The molecule has 0 aliphatic rings. The van der Waals surface area contributed by atoms with E-state index in [4.69, 9.17) is 0 Å². The van der Waals surface area contributed by atoms with Crippen molar-refractivity contribution >= 4 is 0 Å². The summed E-state index contributed by atoms with van der Waals surface area (Å²) in [4.78, 5) is 0. The van der Waals surface area contributed by atoms with Crippen LogP contribution in [0.4, 0.5) is 0 Å². The van der Waals surface area contributed by atoms with Crippen LogP contribution in [0, 0.1) is 11.8 Å². The Morgan fingerprint density at radius 3 is 3.00 bits per heavy atom. The van der Waals surface area contributed by atoms with Crippen molar-refractivity contribution in [3.63, 3.8) is 0 Å². The normalized spacial score (nSPS) is 9.38. The summed E-state index contributed by atoms with van der Waals surface area (Å²) >= 11 is 0. The average molecular weight is 176 g/mol. The van der Waals surface area contributed by atoms with E-state index in [1.165, 1.54) is 5.56 Å². The highest BCUT2D eigenvalue weighted by Crippen LogP contribution is 1.99. The minimum atomic E-state index is 0.772. The van der Waals surface area contributed by atoms with Gasteiger partial charge in [-0.2, -0.15) is 0 Å². The van der Waals surface area contributed by atoms with Crippen molar-refractivity contribution in [2.75, 3.05) is 6.54 Å². The van der Waals surface area contributed by atoms with Crippen LogP contribution >= 0.6 is 0 Å². The van der Waals surface area contributed by atoms with Gasteiger partial charge in [-0.25, -0.2) is 0 Å². The molecule has 0 spiro atoms. The summed E-state index contributed by atoms with van der Waals surface area (Å²) in [5.41, 5.74) is 1.32. The van der Waals surface area contributed by atoms with E-state index in [0.29, 0.717) is 0 Å². The highest BCUT2D eigenvalue weighted by molar-refractivity contribution is 5.10. The Bertz CT molecular complexity index is 301. The van der Waals surface area contributed by atoms with Crippen LogP contribution in [-0.2, 0) is 13.1 Å². The van der Waals surface area contributed by atoms with Crippen molar-refractivity contribution in [1.82, 2.24) is 9.88 Å². The monoisotopic (exact) mass is 176 g/mol. The molecule has 1 N–H and O–H groups in total. The predicted octanol–water partition coefficient (Wildman–Crippen LogP) is 1.62. The fraction of sp³-hybridized carbons (Fsp3) is 0.455. The molecule has 0 bridgehead atoms. The van der Waals surface area contributed by atoms with Gasteiger partial charge in [0, 0.05) is 25.5 Å². The molecule has 2 heteroatoms. The lowest BCUT2D eigenvalue weighted by Crippen LogP contribution is -2.12. The first kappa shape index (κ1) is 9.88. The van der Waals surface area contributed by atoms with Crippen LogP contribution in [0.2, 0.25) is 0 Å². The Kier molecular flexibility index (Phi) is 4.14. The van der Waals surface area contributed by atoms with Crippen LogP contribution in [0.1, 0.15) is 19.4 Å². The maximum Gasteiger partial charge on any atom is 0.0579 e. The topological polar surface area (TPSA) is 17.0 Å². The van der Waals surface area contributed by atoms with Crippen molar-refractivity contribution < 1.29 is 0 Å². The predicted molar refractivity (Wildman–Crippen MR) is 55.3 cm³/mol. The number of nitrogens with zero attached hydrogens (tertiary/aromatic N) is 1. The van der Waals surface area contributed by atoms with E-state index >= 15 is 0 Å². The number of hydrogen-bond donors (Lipinski definition) is 1. The molecule has 70 valence electrons. The zero-order valence-electron chi connectivity index (χ0n) is 8.30. The van der Waals surface area contributed by atoms with Gasteiger partial charge in [-0.05, 0) is 25.5 Å². The number of rotatable bonds is 4. The maximum absolute atomic E-state index is 3.25. The third-order valence-electron chi connectivity index (χ3n) is 1.90. The van der Waals surface area contributed by atoms with E-state index in [2.05, 4.69) is 47.1 Å². The van der Waals surface area contributed by atoms with Gasteiger partial charge >= 0.3 is 0 Å². The first-order valence-corrected chi connectivity index (χ1v) is 4.61. The second-order valence-corrected chi connectivity index (χ2v) is 2.88. The summed E-state index contributed by atoms with van der Waals surface area (Å²) in [7, 11) is 0. The Hall–Kier alpha value is -1.20. The molecule has 0 saturated carbocycles. The van der Waals surface area contributed by atoms with Crippen molar-refractivity contribution in [3.8, 4) is 11.8 Å². The Morgan fingerprint density at radius 1 is 1.54 bits per heavy atom. The van der Waals surface area contributed by atoms with Crippen molar-refractivity contribution in [2.24, 2.45) is 0 Å². The molecule has 0 aliphatic heterocycles. The molecule has 0 atom stereocenters. The van der Waals surface area contributed by atoms with Crippen molar-refractivity contribution in [2.45, 2.75) is 26.9 Å². The summed E-state index contributed by atoms with van der Waals surface area (Å²) in [5, 5.41) is 3.25. The SMILES string of the molecule is CC#CCNCc1ccn(CC)c1. The Labute approximate surface area is 80.0 Å². The zero-order valence-corrected chi connectivity index (χ0v) is 8.30. The first-order valence-electron chi connectivity index (χ1n) is 4.61. The van der Waals surface area contributed by atoms with E-state index in [0.717, 1.165) is 19.6 Å². The van der Waals surface area contributed by atoms with Gasteiger partial charge in [-0.15, -0.1) is 5.92 Å². The molecular weight excluding hydrogens is 160 g/mol. The molecule has 1 aromatic rings. The lowest BCUT2D eigenvalue weighted by molar-refractivity contribution is 0.744. The largest absolute Gasteiger partial charge is 0.354 e. The van der Waals surface area contributed by atoms with Crippen molar-refractivity contribution in [3.05, 3.63) is 24.0 Å². The standard InChI is InChI=1S/C11H16N2/c1-3-5-7-12-9-11-6-8-13(4-2)10-11/h6,8,10,12H,4,7,9H2,1-2H3. The van der Waals surface area contributed by atoms with Gasteiger partial charge in [0.1, 0.15) is 0 Å². The van der Waals surface area contributed by atoms with E-state index in [1.807, 2.05) is 6.92 Å². The molecule has 0 unspecified atom stereocenters. The van der Waals surface area contributed by atoms with Gasteiger partial charge in [0.2, 0.25) is 0 Å². The second kappa shape index (κ2) is 5.45. The van der Waals surface area contributed by atoms with Gasteiger partial charge in [0.05, 0.1) is 6.54 Å². The lowest BCUT2D eigenvalue weighted by Gasteiger charge is -1.97. The summed E-state index contributed by atoms with van der Waals surface area (Å²) < 4.78 is 2.17. The lowest BCUT2D eigenvalue weighted by atomic mass is 10.3. The third kappa shape index (κ3) is 3.35.